The molecular weight excluding hydrogens is 540 g/mol. The number of aliphatic carboxylic acids is 1. The van der Waals surface area contributed by atoms with Crippen molar-refractivity contribution in [2.45, 2.75) is 77.7 Å². The van der Waals surface area contributed by atoms with Crippen LogP contribution in [0.25, 0.3) is 5.69 Å². The van der Waals surface area contributed by atoms with Gasteiger partial charge in [-0.2, -0.15) is 5.10 Å². The van der Waals surface area contributed by atoms with Crippen molar-refractivity contribution < 1.29 is 63.6 Å². The molecule has 3 N–H and O–H groups in total. The smallest absolute Gasteiger partial charge is 0.550 e. The first-order chi connectivity index (χ1) is 19.1. The fraction of sp³-hybridized carbons (Fsp3) is 0.433. The number of aliphatic hydroxyl groups excluding tert-OH is 2. The van der Waals surface area contributed by atoms with E-state index in [-0.39, 0.29) is 72.9 Å². The molecule has 0 radical (unpaired) electrons. The minimum absolute atomic E-state index is 0. The molecule has 216 valence electrons. The molecule has 0 aliphatic carbocycles. The second-order valence-corrected chi connectivity index (χ2v) is 10.0. The monoisotopic (exact) mass is 577 g/mol. The quantitative estimate of drug-likeness (QED) is 0.213. The van der Waals surface area contributed by atoms with Crippen LogP contribution in [0.2, 0.25) is 0 Å². The molecule has 2 atom stereocenters. The number of halogens is 1. The summed E-state index contributed by atoms with van der Waals surface area (Å²) in [5, 5.41) is 38.7. The summed E-state index contributed by atoms with van der Waals surface area (Å²) >= 11 is 0. The maximum absolute atomic E-state index is 13.7. The largest absolute Gasteiger partial charge is 1.00 e. The second kappa shape index (κ2) is 16.7. The van der Waals surface area contributed by atoms with Gasteiger partial charge in [-0.25, -0.2) is 9.07 Å². The van der Waals surface area contributed by atoms with Gasteiger partial charge in [0.1, 0.15) is 5.82 Å². The molecule has 1 aromatic heterocycles. The number of benzene rings is 2. The van der Waals surface area contributed by atoms with Crippen LogP contribution in [0.3, 0.4) is 0 Å². The van der Waals surface area contributed by atoms with Crippen molar-refractivity contribution in [2.75, 3.05) is 6.61 Å². The van der Waals surface area contributed by atoms with E-state index in [4.69, 9.17) is 4.74 Å². The molecule has 1 amide bonds. The molecule has 1 heterocycles. The van der Waals surface area contributed by atoms with Crippen LogP contribution >= 0.6 is 0 Å². The Morgan fingerprint density at radius 1 is 1.10 bits per heavy atom. The van der Waals surface area contributed by atoms with E-state index in [1.807, 2.05) is 45.0 Å². The van der Waals surface area contributed by atoms with Gasteiger partial charge in [-0.3, -0.25) is 4.79 Å². The average molecular weight is 578 g/mol. The number of rotatable bonds is 15. The van der Waals surface area contributed by atoms with Crippen molar-refractivity contribution in [3.63, 3.8) is 0 Å². The summed E-state index contributed by atoms with van der Waals surface area (Å²) in [5.74, 6) is -2.29. The van der Waals surface area contributed by atoms with Crippen molar-refractivity contribution in [1.82, 2.24) is 15.1 Å². The van der Waals surface area contributed by atoms with Crippen LogP contribution < -0.4 is 40.0 Å². The first kappa shape index (κ1) is 34.6. The number of nitrogens with one attached hydrogen (secondary N) is 1. The van der Waals surface area contributed by atoms with Crippen molar-refractivity contribution in [3.05, 3.63) is 82.4 Å². The molecule has 9 nitrogen and oxygen atoms in total. The Kier molecular flexibility index (Phi) is 14.1. The Labute approximate surface area is 262 Å². The van der Waals surface area contributed by atoms with Crippen molar-refractivity contribution >= 4 is 11.9 Å². The zero-order valence-electron chi connectivity index (χ0n) is 24.1. The van der Waals surface area contributed by atoms with Gasteiger partial charge < -0.3 is 30.2 Å². The number of nitrogens with zero attached hydrogens (tertiary/aromatic N) is 2. The van der Waals surface area contributed by atoms with Gasteiger partial charge in [-0.05, 0) is 67.5 Å². The molecule has 0 aliphatic heterocycles. The van der Waals surface area contributed by atoms with Crippen LogP contribution in [-0.2, 0) is 29.1 Å². The van der Waals surface area contributed by atoms with Crippen LogP contribution in [0.4, 0.5) is 4.39 Å². The van der Waals surface area contributed by atoms with Gasteiger partial charge in [0.2, 0.25) is 0 Å². The van der Waals surface area contributed by atoms with Gasteiger partial charge in [0.25, 0.3) is 5.91 Å². The van der Waals surface area contributed by atoms with Gasteiger partial charge in [-0.1, -0.05) is 38.1 Å². The molecule has 0 fully saturated rings. The van der Waals surface area contributed by atoms with Crippen LogP contribution in [-0.4, -0.2) is 50.7 Å². The molecule has 0 saturated carbocycles. The summed E-state index contributed by atoms with van der Waals surface area (Å²) in [6.07, 6.45) is -2.47. The van der Waals surface area contributed by atoms with Gasteiger partial charge >= 0.3 is 29.6 Å². The summed E-state index contributed by atoms with van der Waals surface area (Å²) < 4.78 is 20.7. The number of carboxylic acids is 1. The van der Waals surface area contributed by atoms with Crippen LogP contribution in [0, 0.1) is 5.82 Å². The number of carboxylic acid groups (broad SMARTS) is 1. The zero-order chi connectivity index (χ0) is 29.2. The van der Waals surface area contributed by atoms with Crippen LogP contribution in [0.15, 0.2) is 48.5 Å². The van der Waals surface area contributed by atoms with Crippen LogP contribution in [0.5, 0.6) is 0 Å². The molecule has 0 spiro atoms. The third-order valence-electron chi connectivity index (χ3n) is 6.46. The van der Waals surface area contributed by atoms with Gasteiger partial charge in [0.15, 0.2) is 5.69 Å². The van der Waals surface area contributed by atoms with Crippen LogP contribution in [0.1, 0.15) is 78.8 Å². The van der Waals surface area contributed by atoms with Crippen molar-refractivity contribution in [3.8, 4) is 5.69 Å². The molecule has 3 rings (SSSR count). The molecule has 0 aliphatic rings. The zero-order valence-corrected chi connectivity index (χ0v) is 26.1. The standard InChI is InChI=1S/C30H38FN3O6.Na/c1-4-40-18-21-7-5-6-20(14-21)17-32-30(39)29-28(19(2)3)26(13-12-24(35)15-25(36)16-27(37)38)34(33-29)23-10-8-22(31)9-11-23;/h5-11,14,19,24-25,35-36H,4,12-13,15-18H2,1-3H3,(H,32,39)(H,37,38);/q;+1/p-1/t24-,25-;/m1./s1. The predicted molar refractivity (Wildman–Crippen MR) is 145 cm³/mol. The van der Waals surface area contributed by atoms with Gasteiger partial charge in [0.05, 0.1) is 24.5 Å². The Balaban J connectivity index is 0.00000588. The predicted octanol–water partition coefficient (Wildman–Crippen LogP) is -0.210. The number of amides is 1. The minimum atomic E-state index is -1.40. The third-order valence-corrected chi connectivity index (χ3v) is 6.46. The van der Waals surface area contributed by atoms with E-state index in [0.717, 1.165) is 11.1 Å². The summed E-state index contributed by atoms with van der Waals surface area (Å²) in [7, 11) is 0. The van der Waals surface area contributed by atoms with E-state index in [2.05, 4.69) is 10.4 Å². The summed E-state index contributed by atoms with van der Waals surface area (Å²) in [4.78, 5) is 24.2. The number of aliphatic hydroxyl groups is 2. The number of aromatic nitrogens is 2. The van der Waals surface area contributed by atoms with Crippen molar-refractivity contribution in [1.29, 1.82) is 0 Å². The molecule has 0 bridgehead atoms. The van der Waals surface area contributed by atoms with Gasteiger partial charge in [0, 0.05) is 36.8 Å². The van der Waals surface area contributed by atoms with E-state index < -0.39 is 30.4 Å². The van der Waals surface area contributed by atoms with E-state index in [1.165, 1.54) is 12.1 Å². The van der Waals surface area contributed by atoms with E-state index in [1.54, 1.807) is 16.8 Å². The summed E-state index contributed by atoms with van der Waals surface area (Å²) in [6.45, 7) is 7.17. The van der Waals surface area contributed by atoms with E-state index in [9.17, 15) is 29.3 Å². The fourth-order valence-electron chi connectivity index (χ4n) is 4.60. The average Bonchev–Trinajstić information content (AvgIpc) is 3.29. The van der Waals surface area contributed by atoms with E-state index in [0.29, 0.717) is 30.2 Å². The Hall–Kier alpha value is -2.60. The SMILES string of the molecule is CCOCc1cccc(CNC(=O)c2nn(-c3ccc(F)cc3)c(CC[C@@H](O)C[C@@H](O)CC(=O)[O-])c2C(C)C)c1.[Na+]. The van der Waals surface area contributed by atoms with Crippen molar-refractivity contribution in [2.24, 2.45) is 0 Å². The molecule has 0 unspecified atom stereocenters. The molecule has 0 saturated heterocycles. The molecule has 3 aromatic rings. The Morgan fingerprint density at radius 3 is 2.41 bits per heavy atom. The second-order valence-electron chi connectivity index (χ2n) is 10.0. The maximum atomic E-state index is 13.7. The fourth-order valence-corrected chi connectivity index (χ4v) is 4.60. The van der Waals surface area contributed by atoms with Gasteiger partial charge in [-0.15, -0.1) is 0 Å². The Morgan fingerprint density at radius 2 is 1.78 bits per heavy atom. The summed E-state index contributed by atoms with van der Waals surface area (Å²) in [5.41, 5.74) is 4.04. The number of carbonyl (C=O) groups excluding carboxylic acids is 2. The number of hydrogen-bond donors (Lipinski definition) is 3. The number of hydrogen-bond acceptors (Lipinski definition) is 7. The molecular formula is C30H37FN3NaO6. The normalized spacial score (nSPS) is 12.6. The minimum Gasteiger partial charge on any atom is -0.550 e. The maximum Gasteiger partial charge on any atom is 1.00 e. The van der Waals surface area contributed by atoms with E-state index >= 15 is 0 Å². The first-order valence-electron chi connectivity index (χ1n) is 13.5. The number of ether oxygens (including phenoxy) is 1. The summed E-state index contributed by atoms with van der Waals surface area (Å²) in [6, 6.07) is 13.5. The molecule has 41 heavy (non-hydrogen) atoms. The Bertz CT molecular complexity index is 1280. The third kappa shape index (κ3) is 10.3. The topological polar surface area (TPSA) is 137 Å². The molecule has 2 aromatic carbocycles. The number of carbonyl (C=O) groups is 2. The molecule has 11 heteroatoms. The first-order valence-corrected chi connectivity index (χ1v) is 13.5.